The van der Waals surface area contributed by atoms with E-state index in [0.717, 1.165) is 17.7 Å². The van der Waals surface area contributed by atoms with Gasteiger partial charge in [-0.15, -0.1) is 0 Å². The summed E-state index contributed by atoms with van der Waals surface area (Å²) in [5.41, 5.74) is 0.524. The van der Waals surface area contributed by atoms with Crippen molar-refractivity contribution in [1.29, 1.82) is 0 Å². The molecule has 2 aromatic rings. The number of rotatable bonds is 3. The molecular formula is C14H11BrF3NO. The van der Waals surface area contributed by atoms with E-state index in [1.807, 2.05) is 0 Å². The molecule has 0 amide bonds. The molecule has 2 aromatic carbocycles. The van der Waals surface area contributed by atoms with Gasteiger partial charge < -0.3 is 10.4 Å². The summed E-state index contributed by atoms with van der Waals surface area (Å²) in [5, 5.41) is 12.1. The van der Waals surface area contributed by atoms with Crippen molar-refractivity contribution in [3.63, 3.8) is 0 Å². The second-order valence-electron chi connectivity index (χ2n) is 4.25. The summed E-state index contributed by atoms with van der Waals surface area (Å²) in [6, 6.07) is 10.1. The van der Waals surface area contributed by atoms with E-state index in [9.17, 15) is 13.2 Å². The summed E-state index contributed by atoms with van der Waals surface area (Å²) in [6.07, 6.45) is -4.38. The fourth-order valence-electron chi connectivity index (χ4n) is 1.67. The van der Waals surface area contributed by atoms with Crippen molar-refractivity contribution in [2.45, 2.75) is 12.7 Å². The summed E-state index contributed by atoms with van der Waals surface area (Å²) < 4.78 is 38.4. The minimum Gasteiger partial charge on any atom is -0.508 e. The van der Waals surface area contributed by atoms with Gasteiger partial charge in [-0.3, -0.25) is 0 Å². The van der Waals surface area contributed by atoms with Crippen LogP contribution in [0.1, 0.15) is 11.1 Å². The monoisotopic (exact) mass is 345 g/mol. The normalized spacial score (nSPS) is 11.4. The zero-order valence-corrected chi connectivity index (χ0v) is 11.8. The molecule has 0 spiro atoms. The standard InChI is InChI=1S/C14H11BrF3NO/c15-11-5-10(14(16,17)18)6-12(7-11)19-8-9-1-3-13(20)4-2-9/h1-7,19-20H,8H2. The lowest BCUT2D eigenvalue weighted by Crippen LogP contribution is -2.06. The lowest BCUT2D eigenvalue weighted by molar-refractivity contribution is -0.137. The second-order valence-corrected chi connectivity index (χ2v) is 5.16. The smallest absolute Gasteiger partial charge is 0.416 e. The minimum absolute atomic E-state index is 0.149. The van der Waals surface area contributed by atoms with Crippen LogP contribution in [-0.2, 0) is 12.7 Å². The van der Waals surface area contributed by atoms with Gasteiger partial charge in [0.2, 0.25) is 0 Å². The zero-order chi connectivity index (χ0) is 14.8. The maximum absolute atomic E-state index is 12.7. The Morgan fingerprint density at radius 3 is 2.30 bits per heavy atom. The average molecular weight is 346 g/mol. The third-order valence-corrected chi connectivity index (χ3v) is 3.12. The van der Waals surface area contributed by atoms with E-state index in [1.54, 1.807) is 18.2 Å². The maximum Gasteiger partial charge on any atom is 0.416 e. The molecular weight excluding hydrogens is 335 g/mol. The van der Waals surface area contributed by atoms with Crippen LogP contribution < -0.4 is 5.32 Å². The number of halogens is 4. The summed E-state index contributed by atoms with van der Waals surface area (Å²) in [5.74, 6) is 0.149. The number of phenols is 1. The van der Waals surface area contributed by atoms with E-state index < -0.39 is 11.7 Å². The average Bonchev–Trinajstić information content (AvgIpc) is 2.36. The highest BCUT2D eigenvalue weighted by molar-refractivity contribution is 9.10. The van der Waals surface area contributed by atoms with Crippen LogP contribution >= 0.6 is 15.9 Å². The van der Waals surface area contributed by atoms with E-state index in [2.05, 4.69) is 21.2 Å². The molecule has 6 heteroatoms. The molecule has 0 atom stereocenters. The summed E-state index contributed by atoms with van der Waals surface area (Å²) in [7, 11) is 0. The third-order valence-electron chi connectivity index (χ3n) is 2.66. The van der Waals surface area contributed by atoms with Gasteiger partial charge in [-0.2, -0.15) is 13.2 Å². The molecule has 106 valence electrons. The molecule has 0 aliphatic rings. The molecule has 0 unspecified atom stereocenters. The van der Waals surface area contributed by atoms with Gasteiger partial charge in [0, 0.05) is 16.7 Å². The number of alkyl halides is 3. The number of aromatic hydroxyl groups is 1. The lowest BCUT2D eigenvalue weighted by atomic mass is 10.1. The topological polar surface area (TPSA) is 32.3 Å². The van der Waals surface area contributed by atoms with Gasteiger partial charge in [0.25, 0.3) is 0 Å². The minimum atomic E-state index is -4.38. The molecule has 0 aliphatic heterocycles. The highest BCUT2D eigenvalue weighted by Gasteiger charge is 2.31. The number of hydrogen-bond donors (Lipinski definition) is 2. The van der Waals surface area contributed by atoms with E-state index in [1.165, 1.54) is 12.1 Å². The molecule has 0 saturated heterocycles. The van der Waals surface area contributed by atoms with E-state index in [4.69, 9.17) is 5.11 Å². The van der Waals surface area contributed by atoms with E-state index >= 15 is 0 Å². The SMILES string of the molecule is Oc1ccc(CNc2cc(Br)cc(C(F)(F)F)c2)cc1. The maximum atomic E-state index is 12.7. The number of hydrogen-bond acceptors (Lipinski definition) is 2. The van der Waals surface area contributed by atoms with Crippen molar-refractivity contribution in [2.75, 3.05) is 5.32 Å². The molecule has 0 aliphatic carbocycles. The van der Waals surface area contributed by atoms with Crippen molar-refractivity contribution in [2.24, 2.45) is 0 Å². The van der Waals surface area contributed by atoms with Crippen LogP contribution in [-0.4, -0.2) is 5.11 Å². The largest absolute Gasteiger partial charge is 0.508 e. The summed E-state index contributed by atoms with van der Waals surface area (Å²) in [4.78, 5) is 0. The first kappa shape index (κ1) is 14.7. The van der Waals surface area contributed by atoms with Crippen molar-refractivity contribution < 1.29 is 18.3 Å². The van der Waals surface area contributed by atoms with Gasteiger partial charge in [0.1, 0.15) is 5.75 Å². The van der Waals surface area contributed by atoms with E-state index in [0.29, 0.717) is 16.7 Å². The van der Waals surface area contributed by atoms with Gasteiger partial charge in [0.05, 0.1) is 5.56 Å². The Hall–Kier alpha value is -1.69. The molecule has 0 aromatic heterocycles. The summed E-state index contributed by atoms with van der Waals surface area (Å²) >= 11 is 3.07. The first-order chi connectivity index (χ1) is 9.34. The van der Waals surface area contributed by atoms with Gasteiger partial charge >= 0.3 is 6.18 Å². The Morgan fingerprint density at radius 2 is 1.70 bits per heavy atom. The van der Waals surface area contributed by atoms with Crippen molar-refractivity contribution in [3.8, 4) is 5.75 Å². The molecule has 0 saturated carbocycles. The summed E-state index contributed by atoms with van der Waals surface area (Å²) in [6.45, 7) is 0.369. The van der Waals surface area contributed by atoms with E-state index in [-0.39, 0.29) is 5.75 Å². The van der Waals surface area contributed by atoms with Crippen LogP contribution in [0.25, 0.3) is 0 Å². The molecule has 0 radical (unpaired) electrons. The Labute approximate surface area is 122 Å². The Kier molecular flexibility index (Phi) is 4.23. The highest BCUT2D eigenvalue weighted by atomic mass is 79.9. The van der Waals surface area contributed by atoms with Crippen LogP contribution in [0.4, 0.5) is 18.9 Å². The Morgan fingerprint density at radius 1 is 1.05 bits per heavy atom. The van der Waals surface area contributed by atoms with Gasteiger partial charge in [-0.05, 0) is 35.9 Å². The second kappa shape index (κ2) is 5.75. The molecule has 0 bridgehead atoms. The quantitative estimate of drug-likeness (QED) is 0.838. The van der Waals surface area contributed by atoms with Gasteiger partial charge in [-0.1, -0.05) is 28.1 Å². The number of nitrogens with one attached hydrogen (secondary N) is 1. The van der Waals surface area contributed by atoms with Crippen LogP contribution in [0.3, 0.4) is 0 Å². The molecule has 2 N–H and O–H groups in total. The molecule has 2 rings (SSSR count). The number of anilines is 1. The molecule has 0 heterocycles. The fraction of sp³-hybridized carbons (Fsp3) is 0.143. The van der Waals surface area contributed by atoms with Gasteiger partial charge in [-0.25, -0.2) is 0 Å². The molecule has 0 fully saturated rings. The number of phenolic OH excluding ortho intramolecular Hbond substituents is 1. The first-order valence-electron chi connectivity index (χ1n) is 5.74. The van der Waals surface area contributed by atoms with Crippen molar-refractivity contribution >= 4 is 21.6 Å². The Bertz CT molecular complexity index is 596. The van der Waals surface area contributed by atoms with Crippen molar-refractivity contribution in [3.05, 3.63) is 58.1 Å². The van der Waals surface area contributed by atoms with Crippen LogP contribution in [0.5, 0.6) is 5.75 Å². The third kappa shape index (κ3) is 3.90. The van der Waals surface area contributed by atoms with Gasteiger partial charge in [0.15, 0.2) is 0 Å². The predicted octanol–water partition coefficient (Wildman–Crippen LogP) is 4.79. The molecule has 2 nitrogen and oxygen atoms in total. The van der Waals surface area contributed by atoms with Crippen molar-refractivity contribution in [1.82, 2.24) is 0 Å². The first-order valence-corrected chi connectivity index (χ1v) is 6.53. The molecule has 20 heavy (non-hydrogen) atoms. The zero-order valence-electron chi connectivity index (χ0n) is 10.2. The lowest BCUT2D eigenvalue weighted by Gasteiger charge is -2.12. The van der Waals surface area contributed by atoms with Crippen LogP contribution in [0.2, 0.25) is 0 Å². The predicted molar refractivity (Wildman–Crippen MR) is 74.6 cm³/mol. The fourth-order valence-corrected chi connectivity index (χ4v) is 2.17. The highest BCUT2D eigenvalue weighted by Crippen LogP contribution is 2.33. The number of benzene rings is 2. The van der Waals surface area contributed by atoms with Crippen LogP contribution in [0, 0.1) is 0 Å². The van der Waals surface area contributed by atoms with Crippen LogP contribution in [0.15, 0.2) is 46.9 Å². The Balaban J connectivity index is 2.13.